The van der Waals surface area contributed by atoms with Crippen LogP contribution in [0.4, 0.5) is 0 Å². The number of carbonyl (C=O) groups is 1. The van der Waals surface area contributed by atoms with Gasteiger partial charge in [-0.15, -0.1) is 6.58 Å². The average molecular weight is 307 g/mol. The van der Waals surface area contributed by atoms with E-state index >= 15 is 0 Å². The highest BCUT2D eigenvalue weighted by Crippen LogP contribution is 2.21. The van der Waals surface area contributed by atoms with Crippen molar-refractivity contribution in [3.05, 3.63) is 24.1 Å². The molecule has 0 bridgehead atoms. The quantitative estimate of drug-likeness (QED) is 0.193. The van der Waals surface area contributed by atoms with Crippen molar-refractivity contribution in [2.24, 2.45) is 5.92 Å². The normalized spacial score (nSPS) is 12.5. The molecule has 0 aromatic rings. The van der Waals surface area contributed by atoms with E-state index in [-0.39, 0.29) is 11.5 Å². The number of carbonyl (C=O) groups excluding carboxylic acids is 1. The van der Waals surface area contributed by atoms with Crippen molar-refractivity contribution in [1.29, 1.82) is 0 Å². The second kappa shape index (κ2) is 12.3. The van der Waals surface area contributed by atoms with Crippen molar-refractivity contribution in [3.63, 3.8) is 0 Å². The van der Waals surface area contributed by atoms with Crippen molar-refractivity contribution in [3.8, 4) is 0 Å². The monoisotopic (exact) mass is 307 g/mol. The summed E-state index contributed by atoms with van der Waals surface area (Å²) in [6.45, 7) is 17.5. The standard InChI is InChI=1S/C19H33NO2/c1-6-7-8-9-10-13-18(21)22-16-14-17(2)12-11-15-19(3,4)20-5/h6,17H,1,7-16H2,2-4H3. The summed E-state index contributed by atoms with van der Waals surface area (Å²) in [4.78, 5) is 15.2. The lowest BCUT2D eigenvalue weighted by atomic mass is 9.94. The zero-order valence-electron chi connectivity index (χ0n) is 14.7. The van der Waals surface area contributed by atoms with Crippen molar-refractivity contribution in [2.45, 2.75) is 84.1 Å². The van der Waals surface area contributed by atoms with E-state index in [2.05, 4.69) is 18.3 Å². The van der Waals surface area contributed by atoms with E-state index in [1.54, 1.807) is 0 Å². The van der Waals surface area contributed by atoms with Gasteiger partial charge in [0.15, 0.2) is 0 Å². The van der Waals surface area contributed by atoms with Crippen molar-refractivity contribution in [1.82, 2.24) is 0 Å². The summed E-state index contributed by atoms with van der Waals surface area (Å²) in [5, 5.41) is 0. The molecular weight excluding hydrogens is 274 g/mol. The largest absolute Gasteiger partial charge is 0.466 e. The van der Waals surface area contributed by atoms with Crippen LogP contribution in [0.25, 0.3) is 4.85 Å². The summed E-state index contributed by atoms with van der Waals surface area (Å²) in [6.07, 6.45) is 10.6. The fourth-order valence-corrected chi connectivity index (χ4v) is 2.26. The number of hydrogen-bond acceptors (Lipinski definition) is 2. The molecule has 0 aliphatic heterocycles. The lowest BCUT2D eigenvalue weighted by Gasteiger charge is -2.14. The average Bonchev–Trinajstić information content (AvgIpc) is 2.47. The third-order valence-corrected chi connectivity index (χ3v) is 3.95. The second-order valence-electron chi connectivity index (χ2n) is 6.82. The molecule has 0 saturated carbocycles. The minimum absolute atomic E-state index is 0.0695. The number of ether oxygens (including phenoxy) is 1. The van der Waals surface area contributed by atoms with Crippen LogP contribution >= 0.6 is 0 Å². The van der Waals surface area contributed by atoms with Gasteiger partial charge in [-0.25, -0.2) is 6.57 Å². The first-order chi connectivity index (χ1) is 10.4. The number of esters is 1. The maximum atomic E-state index is 11.6. The van der Waals surface area contributed by atoms with Gasteiger partial charge in [0.25, 0.3) is 0 Å². The Morgan fingerprint density at radius 1 is 1.27 bits per heavy atom. The molecule has 0 aliphatic rings. The van der Waals surface area contributed by atoms with Crippen LogP contribution in [0.1, 0.15) is 78.6 Å². The molecule has 1 unspecified atom stereocenters. The molecule has 0 N–H and O–H groups in total. The van der Waals surface area contributed by atoms with Crippen LogP contribution < -0.4 is 0 Å². The highest BCUT2D eigenvalue weighted by atomic mass is 16.5. The predicted molar refractivity (Wildman–Crippen MR) is 92.6 cm³/mol. The first-order valence-electron chi connectivity index (χ1n) is 8.56. The van der Waals surface area contributed by atoms with Gasteiger partial charge in [-0.05, 0) is 38.0 Å². The van der Waals surface area contributed by atoms with Crippen LogP contribution in [0, 0.1) is 12.5 Å². The lowest BCUT2D eigenvalue weighted by molar-refractivity contribution is -0.144. The molecule has 0 spiro atoms. The minimum Gasteiger partial charge on any atom is -0.466 e. The van der Waals surface area contributed by atoms with Gasteiger partial charge in [-0.3, -0.25) is 4.79 Å². The van der Waals surface area contributed by atoms with Gasteiger partial charge < -0.3 is 9.58 Å². The van der Waals surface area contributed by atoms with E-state index in [0.717, 1.165) is 51.4 Å². The second-order valence-corrected chi connectivity index (χ2v) is 6.82. The molecule has 0 radical (unpaired) electrons. The first kappa shape index (κ1) is 20.7. The number of rotatable bonds is 13. The Labute approximate surface area is 136 Å². The van der Waals surface area contributed by atoms with Crippen molar-refractivity contribution in [2.75, 3.05) is 6.61 Å². The van der Waals surface area contributed by atoms with Gasteiger partial charge in [-0.1, -0.05) is 25.8 Å². The molecule has 0 aromatic carbocycles. The first-order valence-corrected chi connectivity index (χ1v) is 8.56. The Morgan fingerprint density at radius 3 is 2.64 bits per heavy atom. The van der Waals surface area contributed by atoms with E-state index < -0.39 is 0 Å². The highest BCUT2D eigenvalue weighted by molar-refractivity contribution is 5.69. The minimum atomic E-state index is -0.238. The van der Waals surface area contributed by atoms with E-state index in [9.17, 15) is 4.79 Å². The lowest BCUT2D eigenvalue weighted by Crippen LogP contribution is -2.14. The summed E-state index contributed by atoms with van der Waals surface area (Å²) in [6, 6.07) is 0. The van der Waals surface area contributed by atoms with Crippen molar-refractivity contribution < 1.29 is 9.53 Å². The number of hydrogen-bond donors (Lipinski definition) is 0. The third kappa shape index (κ3) is 12.4. The molecule has 0 fully saturated rings. The number of allylic oxidation sites excluding steroid dienone is 1. The number of unbranched alkanes of at least 4 members (excludes halogenated alkanes) is 3. The molecule has 1 atom stereocenters. The molecule has 126 valence electrons. The van der Waals surface area contributed by atoms with Gasteiger partial charge in [0.2, 0.25) is 5.54 Å². The maximum Gasteiger partial charge on any atom is 0.305 e. The molecule has 3 heteroatoms. The summed E-state index contributed by atoms with van der Waals surface area (Å²) < 4.78 is 5.28. The Hall–Kier alpha value is -1.30. The fraction of sp³-hybridized carbons (Fsp3) is 0.789. The van der Waals surface area contributed by atoms with E-state index in [1.807, 2.05) is 19.9 Å². The Kier molecular flexibility index (Phi) is 11.5. The van der Waals surface area contributed by atoms with Gasteiger partial charge in [0.05, 0.1) is 6.61 Å². The van der Waals surface area contributed by atoms with Crippen LogP contribution in [0.15, 0.2) is 12.7 Å². The fourth-order valence-electron chi connectivity index (χ4n) is 2.26. The molecular formula is C19H33NO2. The molecule has 0 saturated heterocycles. The molecule has 0 amide bonds. The predicted octanol–water partition coefficient (Wildman–Crippen LogP) is 5.56. The molecule has 0 rings (SSSR count). The van der Waals surface area contributed by atoms with Gasteiger partial charge >= 0.3 is 5.97 Å². The Bertz CT molecular complexity index is 355. The molecule has 3 nitrogen and oxygen atoms in total. The molecule has 22 heavy (non-hydrogen) atoms. The van der Waals surface area contributed by atoms with Crippen molar-refractivity contribution >= 4 is 5.97 Å². The SMILES string of the molecule is [C-]#[N+]C(C)(C)CCCC(C)CCOC(=O)CCCCCC=C. The molecule has 0 heterocycles. The van der Waals surface area contributed by atoms with Gasteiger partial charge in [0.1, 0.15) is 0 Å². The summed E-state index contributed by atoms with van der Waals surface area (Å²) in [5.74, 6) is 0.474. The van der Waals surface area contributed by atoms with E-state index in [1.165, 1.54) is 0 Å². The van der Waals surface area contributed by atoms with E-state index in [4.69, 9.17) is 11.3 Å². The summed E-state index contributed by atoms with van der Waals surface area (Å²) in [5.41, 5.74) is -0.238. The third-order valence-electron chi connectivity index (χ3n) is 3.95. The van der Waals surface area contributed by atoms with Crippen LogP contribution in [0.3, 0.4) is 0 Å². The Balaban J connectivity index is 3.55. The van der Waals surface area contributed by atoms with Crippen LogP contribution in [-0.4, -0.2) is 18.1 Å². The molecule has 0 aliphatic carbocycles. The summed E-state index contributed by atoms with van der Waals surface area (Å²) >= 11 is 0. The van der Waals surface area contributed by atoms with Gasteiger partial charge in [0, 0.05) is 26.7 Å². The number of nitrogens with zero attached hydrogens (tertiary/aromatic N) is 1. The highest BCUT2D eigenvalue weighted by Gasteiger charge is 2.21. The Morgan fingerprint density at radius 2 is 2.00 bits per heavy atom. The summed E-state index contributed by atoms with van der Waals surface area (Å²) in [7, 11) is 0. The van der Waals surface area contributed by atoms with E-state index in [0.29, 0.717) is 18.9 Å². The molecule has 0 aromatic heterocycles. The van der Waals surface area contributed by atoms with Gasteiger partial charge in [-0.2, -0.15) is 0 Å². The zero-order valence-corrected chi connectivity index (χ0v) is 14.7. The maximum absolute atomic E-state index is 11.6. The zero-order chi connectivity index (χ0) is 16.8. The van der Waals surface area contributed by atoms with Crippen LogP contribution in [0.2, 0.25) is 0 Å². The topological polar surface area (TPSA) is 30.7 Å². The van der Waals surface area contributed by atoms with Crippen LogP contribution in [-0.2, 0) is 9.53 Å². The smallest absolute Gasteiger partial charge is 0.305 e. The van der Waals surface area contributed by atoms with Crippen LogP contribution in [0.5, 0.6) is 0 Å².